The molecule has 2 aromatic rings. The summed E-state index contributed by atoms with van der Waals surface area (Å²) in [7, 11) is 1.93. The van der Waals surface area contributed by atoms with Gasteiger partial charge in [-0.15, -0.1) is 16.7 Å². The molecule has 86 valence electrons. The number of rotatable bonds is 4. The lowest BCUT2D eigenvalue weighted by molar-refractivity contribution is 0.567. The molecule has 2 aromatic heterocycles. The first-order chi connectivity index (χ1) is 7.66. The topological polar surface area (TPSA) is 48.5 Å². The average Bonchev–Trinajstić information content (AvgIpc) is 2.83. The van der Waals surface area contributed by atoms with Crippen LogP contribution in [0.5, 0.6) is 0 Å². The van der Waals surface area contributed by atoms with Gasteiger partial charge < -0.3 is 0 Å². The van der Waals surface area contributed by atoms with E-state index in [-0.39, 0.29) is 5.38 Å². The van der Waals surface area contributed by atoms with E-state index < -0.39 is 0 Å². The van der Waals surface area contributed by atoms with E-state index in [2.05, 4.69) is 15.4 Å². The summed E-state index contributed by atoms with van der Waals surface area (Å²) in [6.07, 6.45) is 4.56. The highest BCUT2D eigenvalue weighted by Crippen LogP contribution is 2.15. The SMILES string of the molecule is CC(Cl)c1cn(CCc2ccnn2C)nn1. The van der Waals surface area contributed by atoms with Crippen LogP contribution in [0.4, 0.5) is 0 Å². The molecule has 1 atom stereocenters. The predicted octanol–water partition coefficient (Wildman–Crippen LogP) is 1.55. The largest absolute Gasteiger partial charge is 0.273 e. The quantitative estimate of drug-likeness (QED) is 0.761. The fourth-order valence-electron chi connectivity index (χ4n) is 1.48. The zero-order valence-corrected chi connectivity index (χ0v) is 10.1. The molecule has 0 aliphatic carbocycles. The van der Waals surface area contributed by atoms with Gasteiger partial charge in [-0.05, 0) is 13.0 Å². The first-order valence-electron chi connectivity index (χ1n) is 5.18. The highest BCUT2D eigenvalue weighted by molar-refractivity contribution is 6.20. The van der Waals surface area contributed by atoms with Crippen LogP contribution in [0.3, 0.4) is 0 Å². The number of nitrogens with zero attached hydrogens (tertiary/aromatic N) is 5. The van der Waals surface area contributed by atoms with E-state index in [1.54, 1.807) is 10.9 Å². The van der Waals surface area contributed by atoms with Gasteiger partial charge in [0, 0.05) is 38.1 Å². The molecule has 16 heavy (non-hydrogen) atoms. The van der Waals surface area contributed by atoms with Crippen LogP contribution < -0.4 is 0 Å². The third-order valence-corrected chi connectivity index (χ3v) is 2.71. The Morgan fingerprint density at radius 1 is 1.50 bits per heavy atom. The van der Waals surface area contributed by atoms with Gasteiger partial charge in [0.05, 0.1) is 5.38 Å². The van der Waals surface area contributed by atoms with E-state index in [1.807, 2.05) is 30.9 Å². The zero-order valence-electron chi connectivity index (χ0n) is 9.34. The molecule has 0 amide bonds. The summed E-state index contributed by atoms with van der Waals surface area (Å²) < 4.78 is 3.67. The predicted molar refractivity (Wildman–Crippen MR) is 61.2 cm³/mol. The summed E-state index contributed by atoms with van der Waals surface area (Å²) in [6, 6.07) is 2.00. The average molecular weight is 240 g/mol. The second-order valence-electron chi connectivity index (χ2n) is 3.72. The van der Waals surface area contributed by atoms with Crippen LogP contribution in [0.1, 0.15) is 23.7 Å². The third-order valence-electron chi connectivity index (χ3n) is 2.48. The van der Waals surface area contributed by atoms with Gasteiger partial charge in [0.1, 0.15) is 5.69 Å². The van der Waals surface area contributed by atoms with E-state index in [0.29, 0.717) is 0 Å². The number of hydrogen-bond donors (Lipinski definition) is 0. The molecule has 5 nitrogen and oxygen atoms in total. The molecule has 1 unspecified atom stereocenters. The van der Waals surface area contributed by atoms with Gasteiger partial charge in [-0.2, -0.15) is 5.10 Å². The van der Waals surface area contributed by atoms with Gasteiger partial charge >= 0.3 is 0 Å². The Hall–Kier alpha value is -1.36. The molecule has 2 rings (SSSR count). The molecule has 0 aliphatic heterocycles. The van der Waals surface area contributed by atoms with Crippen molar-refractivity contribution in [3.05, 3.63) is 29.8 Å². The molecule has 0 spiro atoms. The molecule has 0 aromatic carbocycles. The van der Waals surface area contributed by atoms with Gasteiger partial charge in [-0.3, -0.25) is 9.36 Å². The first kappa shape index (κ1) is 11.1. The maximum absolute atomic E-state index is 5.91. The van der Waals surface area contributed by atoms with Crippen molar-refractivity contribution in [2.45, 2.75) is 25.3 Å². The second kappa shape index (κ2) is 4.65. The van der Waals surface area contributed by atoms with Gasteiger partial charge in [0.25, 0.3) is 0 Å². The summed E-state index contributed by atoms with van der Waals surface area (Å²) in [5.41, 5.74) is 1.99. The van der Waals surface area contributed by atoms with Gasteiger partial charge in [0.15, 0.2) is 0 Å². The molecule has 0 radical (unpaired) electrons. The lowest BCUT2D eigenvalue weighted by atomic mass is 10.3. The van der Waals surface area contributed by atoms with Crippen LogP contribution in [-0.4, -0.2) is 24.8 Å². The Balaban J connectivity index is 1.97. The van der Waals surface area contributed by atoms with Crippen molar-refractivity contribution in [2.75, 3.05) is 0 Å². The van der Waals surface area contributed by atoms with E-state index in [4.69, 9.17) is 11.6 Å². The normalized spacial score (nSPS) is 12.9. The molecule has 0 bridgehead atoms. The van der Waals surface area contributed by atoms with Crippen LogP contribution in [-0.2, 0) is 20.0 Å². The third kappa shape index (κ3) is 2.41. The zero-order chi connectivity index (χ0) is 11.5. The molecular weight excluding hydrogens is 226 g/mol. The highest BCUT2D eigenvalue weighted by Gasteiger charge is 2.07. The molecule has 0 saturated carbocycles. The standard InChI is InChI=1S/C10H14ClN5/c1-8(11)10-7-16(14-13-10)6-4-9-3-5-12-15(9)2/h3,5,7-8H,4,6H2,1-2H3. The molecule has 6 heteroatoms. The van der Waals surface area contributed by atoms with Gasteiger partial charge in [-0.1, -0.05) is 5.21 Å². The van der Waals surface area contributed by atoms with Crippen molar-refractivity contribution >= 4 is 11.6 Å². The summed E-state index contributed by atoms with van der Waals surface area (Å²) in [5, 5.41) is 12.0. The van der Waals surface area contributed by atoms with Crippen LogP contribution >= 0.6 is 11.6 Å². The minimum atomic E-state index is -0.0922. The molecule has 0 aliphatic rings. The molecular formula is C10H14ClN5. The van der Waals surface area contributed by atoms with Crippen LogP contribution in [0.2, 0.25) is 0 Å². The van der Waals surface area contributed by atoms with Gasteiger partial charge in [0.2, 0.25) is 0 Å². The minimum absolute atomic E-state index is 0.0922. The van der Waals surface area contributed by atoms with E-state index in [0.717, 1.165) is 18.7 Å². The van der Waals surface area contributed by atoms with E-state index >= 15 is 0 Å². The number of hydrogen-bond acceptors (Lipinski definition) is 3. The Morgan fingerprint density at radius 3 is 2.88 bits per heavy atom. The van der Waals surface area contributed by atoms with Crippen molar-refractivity contribution < 1.29 is 0 Å². The maximum atomic E-state index is 5.91. The molecule has 0 N–H and O–H groups in total. The lowest BCUT2D eigenvalue weighted by Crippen LogP contribution is -2.06. The van der Waals surface area contributed by atoms with Crippen LogP contribution in [0, 0.1) is 0 Å². The number of aromatic nitrogens is 5. The van der Waals surface area contributed by atoms with Gasteiger partial charge in [-0.25, -0.2) is 0 Å². The summed E-state index contributed by atoms with van der Waals surface area (Å²) >= 11 is 5.91. The molecule has 2 heterocycles. The van der Waals surface area contributed by atoms with Crippen molar-refractivity contribution in [1.82, 2.24) is 24.8 Å². The highest BCUT2D eigenvalue weighted by atomic mass is 35.5. The van der Waals surface area contributed by atoms with Crippen molar-refractivity contribution in [3.8, 4) is 0 Å². The maximum Gasteiger partial charge on any atom is 0.100 e. The smallest absolute Gasteiger partial charge is 0.100 e. The molecule has 0 fully saturated rings. The summed E-state index contributed by atoms with van der Waals surface area (Å²) in [5.74, 6) is 0. The lowest BCUT2D eigenvalue weighted by Gasteiger charge is -2.01. The monoisotopic (exact) mass is 239 g/mol. The second-order valence-corrected chi connectivity index (χ2v) is 4.37. The number of aryl methyl sites for hydroxylation is 3. The summed E-state index contributed by atoms with van der Waals surface area (Å²) in [6.45, 7) is 2.67. The number of alkyl halides is 1. The van der Waals surface area contributed by atoms with Crippen LogP contribution in [0.25, 0.3) is 0 Å². The Kier molecular flexibility index (Phi) is 3.24. The fraction of sp³-hybridized carbons (Fsp3) is 0.500. The van der Waals surface area contributed by atoms with Crippen molar-refractivity contribution in [1.29, 1.82) is 0 Å². The first-order valence-corrected chi connectivity index (χ1v) is 5.61. The Bertz CT molecular complexity index is 459. The summed E-state index contributed by atoms with van der Waals surface area (Å²) in [4.78, 5) is 0. The van der Waals surface area contributed by atoms with Crippen molar-refractivity contribution in [3.63, 3.8) is 0 Å². The fourth-order valence-corrected chi connectivity index (χ4v) is 1.58. The Morgan fingerprint density at radius 2 is 2.31 bits per heavy atom. The van der Waals surface area contributed by atoms with Crippen LogP contribution in [0.15, 0.2) is 18.5 Å². The minimum Gasteiger partial charge on any atom is -0.273 e. The van der Waals surface area contributed by atoms with E-state index in [9.17, 15) is 0 Å². The Labute approximate surface area is 99.0 Å². The number of halogens is 1. The molecule has 0 saturated heterocycles. The van der Waals surface area contributed by atoms with E-state index in [1.165, 1.54) is 5.69 Å². The van der Waals surface area contributed by atoms with Crippen molar-refractivity contribution in [2.24, 2.45) is 7.05 Å².